The van der Waals surface area contributed by atoms with Crippen molar-refractivity contribution in [3.05, 3.63) is 30.5 Å². The number of nitrogens with zero attached hydrogens (tertiary/aromatic N) is 1. The molecule has 2 rings (SSSR count). The first-order valence-electron chi connectivity index (χ1n) is 5.46. The van der Waals surface area contributed by atoms with E-state index in [4.69, 9.17) is 16.3 Å². The standard InChI is InChI=1S/C13H14ClNOS/c1-16-11-4-3-10-5-7-15-13(12(10)9-11)17-8-2-6-14/h3-5,7,9H,2,6,8H2,1H3. The summed E-state index contributed by atoms with van der Waals surface area (Å²) in [6.07, 6.45) is 2.84. The van der Waals surface area contributed by atoms with Crippen molar-refractivity contribution in [2.75, 3.05) is 18.7 Å². The number of alkyl halides is 1. The molecule has 0 saturated heterocycles. The van der Waals surface area contributed by atoms with Crippen LogP contribution in [0.25, 0.3) is 10.8 Å². The third-order valence-electron chi connectivity index (χ3n) is 2.45. The van der Waals surface area contributed by atoms with Crippen molar-refractivity contribution in [3.63, 3.8) is 0 Å². The van der Waals surface area contributed by atoms with Crippen molar-refractivity contribution in [1.29, 1.82) is 0 Å². The van der Waals surface area contributed by atoms with E-state index in [1.165, 1.54) is 5.39 Å². The molecule has 90 valence electrons. The summed E-state index contributed by atoms with van der Waals surface area (Å²) in [6.45, 7) is 0. The van der Waals surface area contributed by atoms with Crippen LogP contribution in [0, 0.1) is 0 Å². The second kappa shape index (κ2) is 6.12. The van der Waals surface area contributed by atoms with Crippen molar-refractivity contribution < 1.29 is 4.74 Å². The summed E-state index contributed by atoms with van der Waals surface area (Å²) in [5.41, 5.74) is 0. The molecule has 0 aliphatic heterocycles. The zero-order valence-electron chi connectivity index (χ0n) is 9.65. The number of methoxy groups -OCH3 is 1. The number of pyridine rings is 1. The SMILES string of the molecule is COc1ccc2ccnc(SCCCCl)c2c1. The first kappa shape index (κ1) is 12.5. The summed E-state index contributed by atoms with van der Waals surface area (Å²) in [6, 6.07) is 8.07. The molecule has 0 amide bonds. The molecule has 0 fully saturated rings. The van der Waals surface area contributed by atoms with Gasteiger partial charge in [-0.05, 0) is 30.0 Å². The first-order valence-corrected chi connectivity index (χ1v) is 6.98. The molecule has 0 atom stereocenters. The highest BCUT2D eigenvalue weighted by atomic mass is 35.5. The maximum Gasteiger partial charge on any atom is 0.119 e. The molecule has 17 heavy (non-hydrogen) atoms. The number of aromatic nitrogens is 1. The van der Waals surface area contributed by atoms with Crippen molar-refractivity contribution in [2.24, 2.45) is 0 Å². The lowest BCUT2D eigenvalue weighted by Crippen LogP contribution is -1.88. The summed E-state index contributed by atoms with van der Waals surface area (Å²) in [5, 5.41) is 3.38. The topological polar surface area (TPSA) is 22.1 Å². The van der Waals surface area contributed by atoms with Crippen LogP contribution >= 0.6 is 23.4 Å². The number of ether oxygens (including phenoxy) is 1. The lowest BCUT2D eigenvalue weighted by Gasteiger charge is -2.06. The molecule has 1 heterocycles. The minimum atomic E-state index is 0.696. The molecule has 0 aliphatic rings. The van der Waals surface area contributed by atoms with Gasteiger partial charge in [0.15, 0.2) is 0 Å². The van der Waals surface area contributed by atoms with E-state index in [0.717, 1.165) is 28.3 Å². The predicted octanol–water partition coefficient (Wildman–Crippen LogP) is 3.96. The number of rotatable bonds is 5. The van der Waals surface area contributed by atoms with E-state index in [1.54, 1.807) is 18.9 Å². The second-order valence-electron chi connectivity index (χ2n) is 3.59. The zero-order valence-corrected chi connectivity index (χ0v) is 11.2. The molecule has 2 nitrogen and oxygen atoms in total. The van der Waals surface area contributed by atoms with E-state index in [2.05, 4.69) is 11.1 Å². The van der Waals surface area contributed by atoms with Crippen LogP contribution in [-0.4, -0.2) is 23.7 Å². The molecule has 2 aromatic rings. The molecule has 4 heteroatoms. The molecule has 0 bridgehead atoms. The lowest BCUT2D eigenvalue weighted by molar-refractivity contribution is 0.415. The number of fused-ring (bicyclic) bond motifs is 1. The Bertz CT molecular complexity index is 504. The van der Waals surface area contributed by atoms with Gasteiger partial charge in [-0.15, -0.1) is 23.4 Å². The zero-order chi connectivity index (χ0) is 12.1. The van der Waals surface area contributed by atoms with E-state index < -0.39 is 0 Å². The van der Waals surface area contributed by atoms with Gasteiger partial charge in [0.25, 0.3) is 0 Å². The number of halogens is 1. The highest BCUT2D eigenvalue weighted by Gasteiger charge is 2.04. The van der Waals surface area contributed by atoms with Gasteiger partial charge in [-0.25, -0.2) is 4.98 Å². The fourth-order valence-corrected chi connectivity index (χ4v) is 2.83. The third kappa shape index (κ3) is 3.05. The van der Waals surface area contributed by atoms with E-state index in [9.17, 15) is 0 Å². The summed E-state index contributed by atoms with van der Waals surface area (Å²) in [5.74, 6) is 2.55. The molecule has 0 N–H and O–H groups in total. The van der Waals surface area contributed by atoms with Gasteiger partial charge < -0.3 is 4.74 Å². The van der Waals surface area contributed by atoms with Gasteiger partial charge in [0, 0.05) is 23.2 Å². The summed E-state index contributed by atoms with van der Waals surface area (Å²) in [4.78, 5) is 4.42. The smallest absolute Gasteiger partial charge is 0.119 e. The Morgan fingerprint density at radius 2 is 2.24 bits per heavy atom. The van der Waals surface area contributed by atoms with Crippen LogP contribution in [0.1, 0.15) is 6.42 Å². The molecular formula is C13H14ClNOS. The van der Waals surface area contributed by atoms with Crippen molar-refractivity contribution in [3.8, 4) is 5.75 Å². The van der Waals surface area contributed by atoms with Crippen LogP contribution < -0.4 is 4.74 Å². The third-order valence-corrected chi connectivity index (χ3v) is 3.81. The van der Waals surface area contributed by atoms with E-state index >= 15 is 0 Å². The Morgan fingerprint density at radius 1 is 1.35 bits per heavy atom. The molecule has 1 aromatic carbocycles. The summed E-state index contributed by atoms with van der Waals surface area (Å²) < 4.78 is 5.24. The van der Waals surface area contributed by atoms with Gasteiger partial charge in [-0.1, -0.05) is 6.07 Å². The van der Waals surface area contributed by atoms with Gasteiger partial charge in [0.2, 0.25) is 0 Å². The van der Waals surface area contributed by atoms with Crippen LogP contribution in [-0.2, 0) is 0 Å². The van der Waals surface area contributed by atoms with Gasteiger partial charge in [-0.2, -0.15) is 0 Å². The minimum Gasteiger partial charge on any atom is -0.497 e. The number of hydrogen-bond donors (Lipinski definition) is 0. The molecule has 0 saturated carbocycles. The Morgan fingerprint density at radius 3 is 3.00 bits per heavy atom. The van der Waals surface area contributed by atoms with Crippen LogP contribution in [0.15, 0.2) is 35.5 Å². The monoisotopic (exact) mass is 267 g/mol. The van der Waals surface area contributed by atoms with E-state index in [-0.39, 0.29) is 0 Å². The minimum absolute atomic E-state index is 0.696. The van der Waals surface area contributed by atoms with E-state index in [0.29, 0.717) is 5.88 Å². The van der Waals surface area contributed by atoms with Crippen LogP contribution in [0.4, 0.5) is 0 Å². The van der Waals surface area contributed by atoms with Crippen molar-refractivity contribution >= 4 is 34.1 Å². The van der Waals surface area contributed by atoms with E-state index in [1.807, 2.05) is 24.4 Å². The van der Waals surface area contributed by atoms with Gasteiger partial charge in [0.1, 0.15) is 10.8 Å². The fraction of sp³-hybridized carbons (Fsp3) is 0.308. The normalized spacial score (nSPS) is 10.7. The van der Waals surface area contributed by atoms with Gasteiger partial charge in [0.05, 0.1) is 7.11 Å². The molecule has 1 aromatic heterocycles. The molecule has 0 unspecified atom stereocenters. The quantitative estimate of drug-likeness (QED) is 0.465. The lowest BCUT2D eigenvalue weighted by atomic mass is 10.2. The Kier molecular flexibility index (Phi) is 4.51. The largest absolute Gasteiger partial charge is 0.497 e. The van der Waals surface area contributed by atoms with Crippen molar-refractivity contribution in [2.45, 2.75) is 11.4 Å². The summed E-state index contributed by atoms with van der Waals surface area (Å²) in [7, 11) is 1.68. The maximum atomic E-state index is 5.68. The fourth-order valence-electron chi connectivity index (χ4n) is 1.59. The number of hydrogen-bond acceptors (Lipinski definition) is 3. The first-order chi connectivity index (χ1) is 8.35. The molecule has 0 spiro atoms. The molecule has 0 aliphatic carbocycles. The number of benzene rings is 1. The Balaban J connectivity index is 2.33. The average Bonchev–Trinajstić information content (AvgIpc) is 2.39. The number of thioether (sulfide) groups is 1. The van der Waals surface area contributed by atoms with Gasteiger partial charge >= 0.3 is 0 Å². The van der Waals surface area contributed by atoms with Crippen LogP contribution in [0.2, 0.25) is 0 Å². The second-order valence-corrected chi connectivity index (χ2v) is 5.06. The highest BCUT2D eigenvalue weighted by Crippen LogP contribution is 2.29. The van der Waals surface area contributed by atoms with Crippen LogP contribution in [0.3, 0.4) is 0 Å². The van der Waals surface area contributed by atoms with Crippen LogP contribution in [0.5, 0.6) is 5.75 Å². The average molecular weight is 268 g/mol. The van der Waals surface area contributed by atoms with Gasteiger partial charge in [-0.3, -0.25) is 0 Å². The highest BCUT2D eigenvalue weighted by molar-refractivity contribution is 7.99. The molecular weight excluding hydrogens is 254 g/mol. The Hall–Kier alpha value is -0.930. The predicted molar refractivity (Wildman–Crippen MR) is 74.4 cm³/mol. The Labute approximate surface area is 110 Å². The molecule has 0 radical (unpaired) electrons. The summed E-state index contributed by atoms with van der Waals surface area (Å²) >= 11 is 7.42. The van der Waals surface area contributed by atoms with Crippen molar-refractivity contribution in [1.82, 2.24) is 4.98 Å². The maximum absolute atomic E-state index is 5.68.